The van der Waals surface area contributed by atoms with E-state index in [0.717, 1.165) is 11.1 Å². The molecule has 5 N–H and O–H groups in total. The zero-order chi connectivity index (χ0) is 12.6. The molecule has 0 aromatic carbocycles. The molecular formula is C11H13ClN2O3. The molecular weight excluding hydrogens is 244 g/mol. The van der Waals surface area contributed by atoms with Crippen molar-refractivity contribution >= 4 is 23.6 Å². The Morgan fingerprint density at radius 2 is 2.35 bits per heavy atom. The summed E-state index contributed by atoms with van der Waals surface area (Å²) in [5.74, 6) is -1.04. The molecule has 1 aromatic rings. The summed E-state index contributed by atoms with van der Waals surface area (Å²) in [6.45, 7) is 0. The number of H-pyrrole nitrogens is 1. The molecule has 1 aliphatic rings. The molecule has 1 aromatic heterocycles. The molecule has 17 heavy (non-hydrogen) atoms. The summed E-state index contributed by atoms with van der Waals surface area (Å²) in [5, 5.41) is 17.8. The number of aromatic nitrogens is 1. The average molecular weight is 257 g/mol. The number of halogens is 1. The zero-order valence-electron chi connectivity index (χ0n) is 8.93. The summed E-state index contributed by atoms with van der Waals surface area (Å²) in [6, 6.07) is -0.941. The normalized spacial score (nSPS) is 24.4. The lowest BCUT2D eigenvalue weighted by Crippen LogP contribution is -2.32. The molecule has 6 heteroatoms. The third-order valence-electron chi connectivity index (χ3n) is 2.83. The van der Waals surface area contributed by atoms with E-state index in [-0.39, 0.29) is 6.42 Å². The lowest BCUT2D eigenvalue weighted by atomic mass is 9.96. The number of carbonyl (C=O) groups is 1. The molecule has 92 valence electrons. The Morgan fingerprint density at radius 1 is 1.65 bits per heavy atom. The van der Waals surface area contributed by atoms with E-state index in [1.165, 1.54) is 0 Å². The van der Waals surface area contributed by atoms with Crippen LogP contribution in [0.5, 0.6) is 0 Å². The van der Waals surface area contributed by atoms with Crippen LogP contribution in [0.4, 0.5) is 0 Å². The number of nitrogens with two attached hydrogens (primary N) is 1. The first-order valence-electron chi connectivity index (χ1n) is 5.19. The van der Waals surface area contributed by atoms with Crippen LogP contribution in [0, 0.1) is 0 Å². The number of aromatic amines is 1. The summed E-state index contributed by atoms with van der Waals surface area (Å²) in [5.41, 5.74) is 7.81. The number of hydrogen-bond acceptors (Lipinski definition) is 3. The van der Waals surface area contributed by atoms with Gasteiger partial charge in [0.1, 0.15) is 11.4 Å². The van der Waals surface area contributed by atoms with Crippen LogP contribution in [0.15, 0.2) is 12.3 Å². The van der Waals surface area contributed by atoms with Gasteiger partial charge in [-0.3, -0.25) is 4.79 Å². The van der Waals surface area contributed by atoms with Gasteiger partial charge in [-0.15, -0.1) is 11.6 Å². The molecule has 0 aliphatic heterocycles. The maximum Gasteiger partial charge on any atom is 0.320 e. The van der Waals surface area contributed by atoms with Crippen LogP contribution in [0.2, 0.25) is 0 Å². The van der Waals surface area contributed by atoms with Gasteiger partial charge in [0.15, 0.2) is 0 Å². The Kier molecular flexibility index (Phi) is 3.24. The number of aliphatic hydroxyl groups excluding tert-OH is 1. The van der Waals surface area contributed by atoms with Gasteiger partial charge in [0, 0.05) is 18.3 Å². The Bertz CT molecular complexity index is 469. The van der Waals surface area contributed by atoms with Crippen LogP contribution < -0.4 is 5.73 Å². The number of hydrogen-bond donors (Lipinski definition) is 4. The van der Waals surface area contributed by atoms with Gasteiger partial charge in [-0.25, -0.2) is 0 Å². The van der Waals surface area contributed by atoms with Crippen LogP contribution in [-0.2, 0) is 11.2 Å². The Hall–Kier alpha value is -1.30. The van der Waals surface area contributed by atoms with E-state index in [1.807, 2.05) is 0 Å². The second-order valence-electron chi connectivity index (χ2n) is 4.04. The van der Waals surface area contributed by atoms with Crippen molar-refractivity contribution in [2.24, 2.45) is 5.73 Å². The van der Waals surface area contributed by atoms with Gasteiger partial charge in [0.2, 0.25) is 0 Å². The van der Waals surface area contributed by atoms with Gasteiger partial charge >= 0.3 is 5.97 Å². The standard InChI is InChI=1S/C11H13ClN2O3/c12-9-8(15)2-1-6-5(4-14-10(6)9)3-7(13)11(16)17/h1-2,4,7-9,14-15H,3,13H2,(H,16,17)/t7-,8?,9?/m0/s1. The number of fused-ring (bicyclic) bond motifs is 1. The maximum atomic E-state index is 10.7. The molecule has 0 bridgehead atoms. The molecule has 0 saturated carbocycles. The number of alkyl halides is 1. The number of carboxylic acids is 1. The molecule has 5 nitrogen and oxygen atoms in total. The van der Waals surface area contributed by atoms with Gasteiger partial charge in [0.05, 0.1) is 6.10 Å². The predicted molar refractivity (Wildman–Crippen MR) is 63.7 cm³/mol. The van der Waals surface area contributed by atoms with Gasteiger partial charge in [-0.05, 0) is 11.1 Å². The van der Waals surface area contributed by atoms with E-state index in [0.29, 0.717) is 5.69 Å². The molecule has 3 atom stereocenters. The fraction of sp³-hybridized carbons (Fsp3) is 0.364. The Labute approximate surface area is 103 Å². The van der Waals surface area contributed by atoms with Crippen LogP contribution in [0.25, 0.3) is 6.08 Å². The fourth-order valence-electron chi connectivity index (χ4n) is 1.87. The van der Waals surface area contributed by atoms with Crippen molar-refractivity contribution in [1.29, 1.82) is 0 Å². The van der Waals surface area contributed by atoms with E-state index in [2.05, 4.69) is 4.98 Å². The van der Waals surface area contributed by atoms with Gasteiger partial charge in [-0.2, -0.15) is 0 Å². The van der Waals surface area contributed by atoms with Crippen molar-refractivity contribution in [1.82, 2.24) is 4.98 Å². The minimum atomic E-state index is -1.04. The van der Waals surface area contributed by atoms with Crippen molar-refractivity contribution in [3.63, 3.8) is 0 Å². The molecule has 1 aliphatic carbocycles. The number of aliphatic carboxylic acids is 1. The number of nitrogens with one attached hydrogen (secondary N) is 1. The van der Waals surface area contributed by atoms with Gasteiger partial charge in [-0.1, -0.05) is 12.2 Å². The maximum absolute atomic E-state index is 10.7. The molecule has 0 saturated heterocycles. The van der Waals surface area contributed by atoms with Crippen LogP contribution in [-0.4, -0.2) is 33.3 Å². The Morgan fingerprint density at radius 3 is 3.00 bits per heavy atom. The summed E-state index contributed by atoms with van der Waals surface area (Å²) in [6.07, 6.45) is 4.50. The minimum Gasteiger partial charge on any atom is -0.480 e. The van der Waals surface area contributed by atoms with Crippen molar-refractivity contribution in [3.8, 4) is 0 Å². The molecule has 0 spiro atoms. The number of rotatable bonds is 3. The fourth-order valence-corrected chi connectivity index (χ4v) is 2.14. The van der Waals surface area contributed by atoms with E-state index >= 15 is 0 Å². The van der Waals surface area contributed by atoms with Crippen molar-refractivity contribution < 1.29 is 15.0 Å². The smallest absolute Gasteiger partial charge is 0.320 e. The minimum absolute atomic E-state index is 0.227. The monoisotopic (exact) mass is 256 g/mol. The molecule has 2 unspecified atom stereocenters. The highest BCUT2D eigenvalue weighted by Gasteiger charge is 2.26. The van der Waals surface area contributed by atoms with Crippen molar-refractivity contribution in [2.45, 2.75) is 23.9 Å². The third kappa shape index (κ3) is 2.22. The summed E-state index contributed by atoms with van der Waals surface area (Å²) < 4.78 is 0. The van der Waals surface area contributed by atoms with E-state index in [4.69, 9.17) is 22.4 Å². The second-order valence-corrected chi connectivity index (χ2v) is 4.51. The SMILES string of the molecule is N[C@@H](Cc1c[nH]c2c1C=CC(O)C2Cl)C(=O)O. The summed E-state index contributed by atoms with van der Waals surface area (Å²) in [7, 11) is 0. The quantitative estimate of drug-likeness (QED) is 0.596. The van der Waals surface area contributed by atoms with Crippen molar-refractivity contribution in [3.05, 3.63) is 29.1 Å². The van der Waals surface area contributed by atoms with Crippen molar-refractivity contribution in [2.75, 3.05) is 0 Å². The summed E-state index contributed by atoms with van der Waals surface area (Å²) >= 11 is 6.03. The number of carboxylic acid groups (broad SMARTS) is 1. The first-order valence-corrected chi connectivity index (χ1v) is 5.63. The van der Waals surface area contributed by atoms with E-state index < -0.39 is 23.5 Å². The zero-order valence-corrected chi connectivity index (χ0v) is 9.69. The highest BCUT2D eigenvalue weighted by molar-refractivity contribution is 6.21. The molecule has 2 rings (SSSR count). The van der Waals surface area contributed by atoms with E-state index in [1.54, 1.807) is 18.3 Å². The van der Waals surface area contributed by atoms with Gasteiger partial charge in [0.25, 0.3) is 0 Å². The van der Waals surface area contributed by atoms with Crippen LogP contribution in [0.1, 0.15) is 22.2 Å². The van der Waals surface area contributed by atoms with Crippen LogP contribution in [0.3, 0.4) is 0 Å². The topological polar surface area (TPSA) is 99.3 Å². The lowest BCUT2D eigenvalue weighted by molar-refractivity contribution is -0.138. The first kappa shape index (κ1) is 12.2. The predicted octanol–water partition coefficient (Wildman–Crippen LogP) is 0.637. The molecule has 0 radical (unpaired) electrons. The lowest BCUT2D eigenvalue weighted by Gasteiger charge is -2.18. The molecule has 0 fully saturated rings. The highest BCUT2D eigenvalue weighted by Crippen LogP contribution is 2.34. The average Bonchev–Trinajstić information content (AvgIpc) is 2.67. The first-order chi connectivity index (χ1) is 8.00. The second kappa shape index (κ2) is 4.52. The molecule has 1 heterocycles. The van der Waals surface area contributed by atoms with Gasteiger partial charge < -0.3 is 20.9 Å². The van der Waals surface area contributed by atoms with Crippen LogP contribution >= 0.6 is 11.6 Å². The largest absolute Gasteiger partial charge is 0.480 e. The van der Waals surface area contributed by atoms with E-state index in [9.17, 15) is 9.90 Å². The Balaban J connectivity index is 2.27. The third-order valence-corrected chi connectivity index (χ3v) is 3.31. The summed E-state index contributed by atoms with van der Waals surface area (Å²) in [4.78, 5) is 13.6. The number of aliphatic hydroxyl groups is 1. The molecule has 0 amide bonds. The highest BCUT2D eigenvalue weighted by atomic mass is 35.5.